The number of nitrogens with two attached hydrogens (primary N) is 1. The Morgan fingerprint density at radius 3 is 2.89 bits per heavy atom. The van der Waals surface area contributed by atoms with Gasteiger partial charge in [0.05, 0.1) is 11.9 Å². The number of hydrogen-bond donors (Lipinski definition) is 1. The van der Waals surface area contributed by atoms with Crippen molar-refractivity contribution >= 4 is 10.0 Å². The van der Waals surface area contributed by atoms with E-state index >= 15 is 0 Å². The van der Waals surface area contributed by atoms with Crippen LogP contribution in [0.3, 0.4) is 0 Å². The number of pyridine rings is 1. The van der Waals surface area contributed by atoms with Gasteiger partial charge in [-0.05, 0) is 31.4 Å². The van der Waals surface area contributed by atoms with E-state index in [-0.39, 0.29) is 11.9 Å². The fourth-order valence-electron chi connectivity index (χ4n) is 2.17. The van der Waals surface area contributed by atoms with Gasteiger partial charge in [-0.2, -0.15) is 4.31 Å². The predicted octanol–water partition coefficient (Wildman–Crippen LogP) is 0.725. The Kier molecular flexibility index (Phi) is 4.31. The maximum Gasteiger partial charge on any atom is 0.215 e. The van der Waals surface area contributed by atoms with Crippen molar-refractivity contribution in [2.45, 2.75) is 31.8 Å². The van der Waals surface area contributed by atoms with Gasteiger partial charge in [-0.15, -0.1) is 0 Å². The number of nitrogens with zero attached hydrogens (tertiary/aromatic N) is 2. The van der Waals surface area contributed by atoms with E-state index in [9.17, 15) is 8.42 Å². The van der Waals surface area contributed by atoms with Crippen molar-refractivity contribution < 1.29 is 8.42 Å². The average molecular weight is 269 g/mol. The van der Waals surface area contributed by atoms with Crippen molar-refractivity contribution in [3.05, 3.63) is 30.1 Å². The van der Waals surface area contributed by atoms with Crippen molar-refractivity contribution in [3.8, 4) is 0 Å². The van der Waals surface area contributed by atoms with E-state index in [1.165, 1.54) is 4.31 Å². The Hall–Kier alpha value is -0.980. The highest BCUT2D eigenvalue weighted by Crippen LogP contribution is 2.17. The van der Waals surface area contributed by atoms with Crippen molar-refractivity contribution in [1.82, 2.24) is 9.29 Å². The van der Waals surface area contributed by atoms with Gasteiger partial charge in [-0.25, -0.2) is 8.42 Å². The van der Waals surface area contributed by atoms with Crippen LogP contribution in [0, 0.1) is 0 Å². The zero-order valence-corrected chi connectivity index (χ0v) is 11.1. The molecule has 6 heteroatoms. The molecular formula is C12H19N3O2S. The zero-order valence-electron chi connectivity index (χ0n) is 10.3. The fourth-order valence-corrected chi connectivity index (χ4v) is 3.80. The minimum Gasteiger partial charge on any atom is -0.315 e. The van der Waals surface area contributed by atoms with Gasteiger partial charge in [0, 0.05) is 24.9 Å². The number of aryl methyl sites for hydroxylation is 1. The van der Waals surface area contributed by atoms with Crippen LogP contribution in [0.1, 0.15) is 25.0 Å². The lowest BCUT2D eigenvalue weighted by molar-refractivity contribution is 0.258. The van der Waals surface area contributed by atoms with Crippen LogP contribution in [-0.4, -0.2) is 36.2 Å². The van der Waals surface area contributed by atoms with Crippen LogP contribution >= 0.6 is 0 Å². The van der Waals surface area contributed by atoms with E-state index in [2.05, 4.69) is 4.98 Å². The topological polar surface area (TPSA) is 76.3 Å². The molecule has 5 nitrogen and oxygen atoms in total. The summed E-state index contributed by atoms with van der Waals surface area (Å²) >= 11 is 0. The molecule has 0 spiro atoms. The second kappa shape index (κ2) is 5.77. The van der Waals surface area contributed by atoms with Gasteiger partial charge >= 0.3 is 0 Å². The van der Waals surface area contributed by atoms with Gasteiger partial charge in [-0.1, -0.05) is 6.07 Å². The molecule has 1 atom stereocenters. The van der Waals surface area contributed by atoms with Gasteiger partial charge in [0.2, 0.25) is 10.0 Å². The SMILES string of the molecule is NC1CCCCN1S(=O)(=O)CCc1ccccn1. The number of hydrogen-bond acceptors (Lipinski definition) is 4. The van der Waals surface area contributed by atoms with Crippen LogP contribution in [0.2, 0.25) is 0 Å². The predicted molar refractivity (Wildman–Crippen MR) is 70.3 cm³/mol. The lowest BCUT2D eigenvalue weighted by Gasteiger charge is -2.31. The van der Waals surface area contributed by atoms with Crippen molar-refractivity contribution in [3.63, 3.8) is 0 Å². The highest BCUT2D eigenvalue weighted by molar-refractivity contribution is 7.89. The Morgan fingerprint density at radius 2 is 2.22 bits per heavy atom. The first-order chi connectivity index (χ1) is 8.59. The molecule has 0 saturated carbocycles. The number of rotatable bonds is 4. The van der Waals surface area contributed by atoms with E-state index in [1.54, 1.807) is 6.20 Å². The van der Waals surface area contributed by atoms with E-state index in [0.29, 0.717) is 13.0 Å². The smallest absolute Gasteiger partial charge is 0.215 e. The summed E-state index contributed by atoms with van der Waals surface area (Å²) in [6.45, 7) is 0.547. The van der Waals surface area contributed by atoms with Gasteiger partial charge in [0.25, 0.3) is 0 Å². The molecule has 1 aliphatic rings. The number of sulfonamides is 1. The van der Waals surface area contributed by atoms with Crippen molar-refractivity contribution in [2.75, 3.05) is 12.3 Å². The first kappa shape index (κ1) is 13.5. The Balaban J connectivity index is 1.99. The molecule has 1 aromatic rings. The van der Waals surface area contributed by atoms with E-state index in [0.717, 1.165) is 25.0 Å². The minimum absolute atomic E-state index is 0.0811. The maximum absolute atomic E-state index is 12.2. The first-order valence-corrected chi connectivity index (χ1v) is 7.85. The van der Waals surface area contributed by atoms with Crippen LogP contribution in [-0.2, 0) is 16.4 Å². The molecule has 0 amide bonds. The second-order valence-electron chi connectivity index (χ2n) is 4.56. The van der Waals surface area contributed by atoms with Gasteiger partial charge < -0.3 is 5.73 Å². The zero-order chi connectivity index (χ0) is 13.0. The van der Waals surface area contributed by atoms with E-state index < -0.39 is 10.0 Å². The molecule has 2 N–H and O–H groups in total. The third-order valence-corrected chi connectivity index (χ3v) is 5.09. The molecule has 100 valence electrons. The van der Waals surface area contributed by atoms with E-state index in [4.69, 9.17) is 5.73 Å². The van der Waals surface area contributed by atoms with Crippen molar-refractivity contribution in [1.29, 1.82) is 0 Å². The second-order valence-corrected chi connectivity index (χ2v) is 6.60. The first-order valence-electron chi connectivity index (χ1n) is 6.24. The fraction of sp³-hybridized carbons (Fsp3) is 0.583. The summed E-state index contributed by atoms with van der Waals surface area (Å²) in [5.41, 5.74) is 6.66. The number of piperidine rings is 1. The van der Waals surface area contributed by atoms with Crippen molar-refractivity contribution in [2.24, 2.45) is 5.73 Å². The largest absolute Gasteiger partial charge is 0.315 e. The van der Waals surface area contributed by atoms with Crippen LogP contribution in [0.4, 0.5) is 0 Å². The summed E-state index contributed by atoms with van der Waals surface area (Å²) in [4.78, 5) is 4.13. The van der Waals surface area contributed by atoms with Gasteiger partial charge in [0.1, 0.15) is 0 Å². The minimum atomic E-state index is -3.26. The van der Waals surface area contributed by atoms with Gasteiger partial charge in [-0.3, -0.25) is 4.98 Å². The molecule has 0 aromatic carbocycles. The molecule has 2 heterocycles. The summed E-state index contributed by atoms with van der Waals surface area (Å²) in [5.74, 6) is 0.0811. The third kappa shape index (κ3) is 3.28. The van der Waals surface area contributed by atoms with Crippen LogP contribution in [0.15, 0.2) is 24.4 Å². The Morgan fingerprint density at radius 1 is 1.39 bits per heavy atom. The standard InChI is InChI=1S/C12H19N3O2S/c13-12-6-2-4-9-15(12)18(16,17)10-7-11-5-1-3-8-14-11/h1,3,5,8,12H,2,4,6-7,9-10,13H2. The Labute approximate surface area is 108 Å². The monoisotopic (exact) mass is 269 g/mol. The molecular weight excluding hydrogens is 250 g/mol. The quantitative estimate of drug-likeness (QED) is 0.874. The lowest BCUT2D eigenvalue weighted by atomic mass is 10.1. The molecule has 0 aliphatic carbocycles. The summed E-state index contributed by atoms with van der Waals surface area (Å²) < 4.78 is 25.8. The molecule has 2 rings (SSSR count). The summed E-state index contributed by atoms with van der Waals surface area (Å²) in [6, 6.07) is 5.52. The molecule has 0 bridgehead atoms. The maximum atomic E-state index is 12.2. The van der Waals surface area contributed by atoms with Crippen LogP contribution in [0.5, 0.6) is 0 Å². The average Bonchev–Trinajstić information content (AvgIpc) is 2.38. The molecule has 0 radical (unpaired) electrons. The van der Waals surface area contributed by atoms with Gasteiger partial charge in [0.15, 0.2) is 0 Å². The summed E-state index contributed by atoms with van der Waals surface area (Å²) in [6.07, 6.45) is 4.42. The summed E-state index contributed by atoms with van der Waals surface area (Å²) in [7, 11) is -3.26. The third-order valence-electron chi connectivity index (χ3n) is 3.20. The molecule has 1 aromatic heterocycles. The van der Waals surface area contributed by atoms with E-state index in [1.807, 2.05) is 18.2 Å². The summed E-state index contributed by atoms with van der Waals surface area (Å²) in [5, 5.41) is 0. The highest BCUT2D eigenvalue weighted by Gasteiger charge is 2.29. The molecule has 1 unspecified atom stereocenters. The number of aromatic nitrogens is 1. The van der Waals surface area contributed by atoms with Crippen LogP contribution in [0.25, 0.3) is 0 Å². The normalized spacial score (nSPS) is 21.9. The Bertz CT molecular complexity index is 475. The molecule has 1 saturated heterocycles. The molecule has 1 aliphatic heterocycles. The van der Waals surface area contributed by atoms with Crippen LogP contribution < -0.4 is 5.73 Å². The molecule has 1 fully saturated rings. The lowest BCUT2D eigenvalue weighted by Crippen LogP contribution is -2.49. The molecule has 18 heavy (non-hydrogen) atoms. The highest BCUT2D eigenvalue weighted by atomic mass is 32.2.